The highest BCUT2D eigenvalue weighted by Gasteiger charge is 2.27. The number of alkyl halides is 2. The fourth-order valence-corrected chi connectivity index (χ4v) is 4.87. The van der Waals surface area contributed by atoms with Crippen molar-refractivity contribution in [3.8, 4) is 0 Å². The Bertz CT molecular complexity index is 1410. The van der Waals surface area contributed by atoms with E-state index in [9.17, 15) is 22.0 Å². The average molecular weight is 567 g/mol. The van der Waals surface area contributed by atoms with Gasteiger partial charge in [-0.15, -0.1) is 0 Å². The molecule has 0 saturated carbocycles. The number of sulfonamides is 1. The zero-order valence-electron chi connectivity index (χ0n) is 22.8. The third-order valence-electron chi connectivity index (χ3n) is 6.21. The third kappa shape index (κ3) is 7.32. The molecule has 4 N–H and O–H groups in total. The quantitative estimate of drug-likeness (QED) is 0.287. The van der Waals surface area contributed by atoms with Crippen molar-refractivity contribution in [2.45, 2.75) is 39.2 Å². The second-order valence-corrected chi connectivity index (χ2v) is 11.0. The molecule has 1 aromatic carbocycles. The van der Waals surface area contributed by atoms with E-state index in [2.05, 4.69) is 20.1 Å². The Balaban J connectivity index is 2.05. The lowest BCUT2D eigenvalue weighted by molar-refractivity contribution is 0.0723. The molecule has 0 bridgehead atoms. The van der Waals surface area contributed by atoms with Crippen LogP contribution in [0.3, 0.4) is 0 Å². The number of aromatic nitrogens is 3. The minimum absolute atomic E-state index is 0.185. The Morgan fingerprint density at radius 3 is 2.49 bits per heavy atom. The van der Waals surface area contributed by atoms with E-state index in [0.717, 1.165) is 11.8 Å². The topological polar surface area (TPSA) is 138 Å². The van der Waals surface area contributed by atoms with Gasteiger partial charge in [0.1, 0.15) is 11.6 Å². The van der Waals surface area contributed by atoms with E-state index in [1.54, 1.807) is 44.4 Å². The first-order valence-electron chi connectivity index (χ1n) is 12.6. The van der Waals surface area contributed by atoms with Gasteiger partial charge in [0.2, 0.25) is 10.0 Å². The molecule has 3 rings (SSSR count). The molecule has 11 nitrogen and oxygen atoms in total. The minimum Gasteiger partial charge on any atom is -0.369 e. The molecule has 39 heavy (non-hydrogen) atoms. The lowest BCUT2D eigenvalue weighted by Crippen LogP contribution is -2.32. The summed E-state index contributed by atoms with van der Waals surface area (Å²) in [6.07, 6.45) is -0.395. The van der Waals surface area contributed by atoms with Crippen molar-refractivity contribution in [3.63, 3.8) is 0 Å². The van der Waals surface area contributed by atoms with E-state index >= 15 is 0 Å². The van der Waals surface area contributed by atoms with Gasteiger partial charge in [0.05, 0.1) is 35.8 Å². The number of nitrogens with two attached hydrogens (primary N) is 1. The first-order chi connectivity index (χ1) is 18.4. The summed E-state index contributed by atoms with van der Waals surface area (Å²) in [5, 5.41) is 7.73. The number of nitrogens with zero attached hydrogens (tertiary/aromatic N) is 5. The number of hydrogen-bond donors (Lipinski definition) is 3. The largest absolute Gasteiger partial charge is 0.369 e. The fourth-order valence-electron chi connectivity index (χ4n) is 4.29. The second-order valence-electron chi connectivity index (χ2n) is 9.27. The maximum atomic E-state index is 13.7. The molecule has 2 heterocycles. The summed E-state index contributed by atoms with van der Waals surface area (Å²) in [4.78, 5) is 21.1. The van der Waals surface area contributed by atoms with Gasteiger partial charge < -0.3 is 20.9 Å². The molecule has 2 aromatic heterocycles. The van der Waals surface area contributed by atoms with Gasteiger partial charge in [-0.2, -0.15) is 9.61 Å². The van der Waals surface area contributed by atoms with Crippen LogP contribution in [0.5, 0.6) is 0 Å². The van der Waals surface area contributed by atoms with Crippen molar-refractivity contribution >= 4 is 38.9 Å². The summed E-state index contributed by atoms with van der Waals surface area (Å²) >= 11 is 0. The van der Waals surface area contributed by atoms with Crippen LogP contribution in [-0.4, -0.2) is 80.2 Å². The highest BCUT2D eigenvalue weighted by molar-refractivity contribution is 7.92. The molecule has 14 heteroatoms. The molecule has 0 saturated heterocycles. The van der Waals surface area contributed by atoms with Crippen LogP contribution in [0.25, 0.3) is 5.65 Å². The van der Waals surface area contributed by atoms with Crippen LogP contribution in [0.1, 0.15) is 47.9 Å². The monoisotopic (exact) mass is 566 g/mol. The molecule has 1 atom stereocenters. The number of carbonyl (C=O) groups is 1. The molecule has 0 radical (unpaired) electrons. The summed E-state index contributed by atoms with van der Waals surface area (Å²) in [6.45, 7) is 4.12. The van der Waals surface area contributed by atoms with Gasteiger partial charge in [0.25, 0.3) is 12.3 Å². The highest BCUT2D eigenvalue weighted by atomic mass is 32.2. The highest BCUT2D eigenvalue weighted by Crippen LogP contribution is 2.29. The van der Waals surface area contributed by atoms with Gasteiger partial charge in [-0.3, -0.25) is 9.52 Å². The maximum absolute atomic E-state index is 13.7. The predicted molar refractivity (Wildman–Crippen MR) is 149 cm³/mol. The van der Waals surface area contributed by atoms with Crippen molar-refractivity contribution in [1.82, 2.24) is 19.5 Å². The van der Waals surface area contributed by atoms with Crippen LogP contribution in [0.4, 0.5) is 26.1 Å². The number of benzene rings is 1. The van der Waals surface area contributed by atoms with Gasteiger partial charge >= 0.3 is 0 Å². The van der Waals surface area contributed by atoms with Crippen molar-refractivity contribution < 1.29 is 22.0 Å². The molecule has 0 fully saturated rings. The van der Waals surface area contributed by atoms with Gasteiger partial charge in [0, 0.05) is 39.3 Å². The first kappa shape index (κ1) is 30.0. The molecule has 3 aromatic rings. The number of fused-ring (bicyclic) bond motifs is 1. The molecule has 0 aliphatic rings. The molecule has 0 aliphatic carbocycles. The van der Waals surface area contributed by atoms with Crippen LogP contribution < -0.4 is 20.7 Å². The normalized spacial score (nSPS) is 12.5. The summed E-state index contributed by atoms with van der Waals surface area (Å²) < 4.78 is 54.2. The van der Waals surface area contributed by atoms with E-state index < -0.39 is 34.9 Å². The third-order valence-corrected chi connectivity index (χ3v) is 6.81. The molecule has 1 amide bonds. The lowest BCUT2D eigenvalue weighted by atomic mass is 10.0. The van der Waals surface area contributed by atoms with Crippen LogP contribution in [0, 0.1) is 0 Å². The lowest BCUT2D eigenvalue weighted by Gasteiger charge is -2.27. The zero-order valence-corrected chi connectivity index (χ0v) is 23.6. The summed E-state index contributed by atoms with van der Waals surface area (Å²) in [5.41, 5.74) is 7.79. The second kappa shape index (κ2) is 12.6. The smallest absolute Gasteiger partial charge is 0.256 e. The number of aryl methyl sites for hydroxylation is 1. The Kier molecular flexibility index (Phi) is 9.67. The number of halogens is 2. The summed E-state index contributed by atoms with van der Waals surface area (Å²) in [7, 11) is -0.462. The molecule has 0 unspecified atom stereocenters. The van der Waals surface area contributed by atoms with Crippen LogP contribution in [0.15, 0.2) is 30.3 Å². The Morgan fingerprint density at radius 2 is 1.90 bits per heavy atom. The Morgan fingerprint density at radius 1 is 1.18 bits per heavy atom. The van der Waals surface area contributed by atoms with Gasteiger partial charge in [-0.1, -0.05) is 19.9 Å². The van der Waals surface area contributed by atoms with E-state index in [4.69, 9.17) is 5.73 Å². The van der Waals surface area contributed by atoms with Crippen molar-refractivity contribution in [3.05, 3.63) is 47.2 Å². The van der Waals surface area contributed by atoms with Crippen molar-refractivity contribution in [2.75, 3.05) is 54.9 Å². The zero-order chi connectivity index (χ0) is 28.9. The average Bonchev–Trinajstić information content (AvgIpc) is 3.29. The maximum Gasteiger partial charge on any atom is 0.256 e. The molecular weight excluding hydrogens is 530 g/mol. The number of anilines is 3. The van der Waals surface area contributed by atoms with Crippen molar-refractivity contribution in [2.24, 2.45) is 5.73 Å². The number of hydrogen-bond acceptors (Lipinski definition) is 8. The molecule has 0 spiro atoms. The molecule has 0 aliphatic heterocycles. The minimum atomic E-state index is -3.62. The molecule has 214 valence electrons. The van der Waals surface area contributed by atoms with Gasteiger partial charge in [0.15, 0.2) is 5.65 Å². The summed E-state index contributed by atoms with van der Waals surface area (Å²) in [5.74, 6) is 0.458. The van der Waals surface area contributed by atoms with E-state index in [1.807, 2.05) is 13.8 Å². The van der Waals surface area contributed by atoms with Crippen molar-refractivity contribution in [1.29, 1.82) is 0 Å². The van der Waals surface area contributed by atoms with E-state index in [0.29, 0.717) is 48.9 Å². The van der Waals surface area contributed by atoms with E-state index in [-0.39, 0.29) is 11.3 Å². The van der Waals surface area contributed by atoms with Gasteiger partial charge in [-0.25, -0.2) is 22.2 Å². The van der Waals surface area contributed by atoms with E-state index in [1.165, 1.54) is 14.3 Å². The number of nitrogens with one attached hydrogen (secondary N) is 2. The number of carbonyl (C=O) groups excluding carboxylic acids is 1. The fraction of sp³-hybridized carbons (Fsp3) is 0.480. The SMILES string of the molecule is CCc1ccc(NS(C)(=O)=O)c(C(=O)N(C)[C@@H](CC)c2cc3nc(NCCN)cc(N(C)CC(F)F)n3n2)c1. The summed E-state index contributed by atoms with van der Waals surface area (Å²) in [6, 6.07) is 7.85. The Labute approximate surface area is 227 Å². The Hall–Kier alpha value is -3.52. The van der Waals surface area contributed by atoms with Gasteiger partial charge in [-0.05, 0) is 30.5 Å². The number of amides is 1. The molecular formula is C25H36F2N8O3S. The van der Waals surface area contributed by atoms with Crippen LogP contribution in [0.2, 0.25) is 0 Å². The van der Waals surface area contributed by atoms with Crippen LogP contribution >= 0.6 is 0 Å². The van der Waals surface area contributed by atoms with Crippen LogP contribution in [-0.2, 0) is 16.4 Å². The first-order valence-corrected chi connectivity index (χ1v) is 14.5. The standard InChI is InChI=1S/C25H36F2N8O3S/c1-6-16-8-9-18(32-39(5,37)38)17(12-16)25(36)34(4)20(7-2)19-13-23-30-22(29-11-10-28)14-24(35(23)31-19)33(3)15-21(26)27/h8-9,12-14,20-21,32H,6-7,10-11,15,28H2,1-5H3,(H,29,30)/t20-/m0/s1. The number of rotatable bonds is 13. The predicted octanol–water partition coefficient (Wildman–Crippen LogP) is 2.96.